The van der Waals surface area contributed by atoms with E-state index in [0.29, 0.717) is 17.5 Å². The maximum absolute atomic E-state index is 14.1. The Kier molecular flexibility index (Phi) is 8.20. The third-order valence-corrected chi connectivity index (χ3v) is 6.77. The maximum atomic E-state index is 14.1. The Morgan fingerprint density at radius 3 is 2.58 bits per heavy atom. The Hall–Kier alpha value is -3.66. The maximum Gasteiger partial charge on any atom is 0.419 e. The standard InChI is InChI=1S/C28H30F4N4O2/c1-17(21-7-4-8-23(29)25(21)28(30,31)32)38-24-15-20(16-35-26(24)33)22-10-9-19(27(34)37)14-18(22)6-5-13-36-11-2-3-12-36/h4,7-10,14-17H,2-3,5-6,11-13H2,1H3,(H2,33,35)(H2,34,37). The fourth-order valence-electron chi connectivity index (χ4n) is 4.86. The quantitative estimate of drug-likeness (QED) is 0.343. The molecule has 0 bridgehead atoms. The van der Waals surface area contributed by atoms with Crippen LogP contribution in [0, 0.1) is 5.82 Å². The molecule has 1 aromatic heterocycles. The van der Waals surface area contributed by atoms with Gasteiger partial charge >= 0.3 is 6.18 Å². The van der Waals surface area contributed by atoms with Crippen LogP contribution in [0.3, 0.4) is 0 Å². The number of benzene rings is 2. The largest absolute Gasteiger partial charge is 0.482 e. The summed E-state index contributed by atoms with van der Waals surface area (Å²) in [6, 6.07) is 9.86. The number of likely N-dealkylation sites (tertiary alicyclic amines) is 1. The van der Waals surface area contributed by atoms with E-state index in [1.54, 1.807) is 30.5 Å². The lowest BCUT2D eigenvalue weighted by Crippen LogP contribution is -2.20. The molecular formula is C28H30F4N4O2. The van der Waals surface area contributed by atoms with Crippen LogP contribution in [0.4, 0.5) is 23.4 Å². The van der Waals surface area contributed by atoms with Gasteiger partial charge in [-0.1, -0.05) is 18.2 Å². The Morgan fingerprint density at radius 1 is 1.16 bits per heavy atom. The molecular weight excluding hydrogens is 500 g/mol. The molecule has 0 saturated carbocycles. The number of nitrogens with two attached hydrogens (primary N) is 2. The van der Waals surface area contributed by atoms with Crippen LogP contribution in [0.1, 0.15) is 59.3 Å². The number of hydrogen-bond donors (Lipinski definition) is 2. The zero-order valence-corrected chi connectivity index (χ0v) is 21.0. The van der Waals surface area contributed by atoms with Gasteiger partial charge in [0.05, 0.1) is 5.56 Å². The van der Waals surface area contributed by atoms with Crippen molar-refractivity contribution >= 4 is 11.7 Å². The van der Waals surface area contributed by atoms with Gasteiger partial charge in [-0.05, 0) is 87.6 Å². The average molecular weight is 531 g/mol. The molecule has 1 amide bonds. The minimum Gasteiger partial charge on any atom is -0.482 e. The van der Waals surface area contributed by atoms with Crippen molar-refractivity contribution in [2.45, 2.75) is 44.9 Å². The summed E-state index contributed by atoms with van der Waals surface area (Å²) in [6.45, 7) is 4.48. The fourth-order valence-corrected chi connectivity index (χ4v) is 4.86. The van der Waals surface area contributed by atoms with Crippen molar-refractivity contribution in [1.29, 1.82) is 0 Å². The van der Waals surface area contributed by atoms with E-state index >= 15 is 0 Å². The highest BCUT2D eigenvalue weighted by molar-refractivity contribution is 5.93. The number of primary amides is 1. The number of pyridine rings is 1. The second kappa shape index (κ2) is 11.4. The number of aryl methyl sites for hydroxylation is 1. The number of ether oxygens (including phenoxy) is 1. The van der Waals surface area contributed by atoms with Crippen LogP contribution in [0.25, 0.3) is 11.1 Å². The Bertz CT molecular complexity index is 1310. The summed E-state index contributed by atoms with van der Waals surface area (Å²) in [5.74, 6) is -1.87. The van der Waals surface area contributed by atoms with Crippen LogP contribution in [0.5, 0.6) is 5.75 Å². The van der Waals surface area contributed by atoms with Crippen LogP contribution in [0.15, 0.2) is 48.7 Å². The topological polar surface area (TPSA) is 94.5 Å². The van der Waals surface area contributed by atoms with E-state index in [1.807, 2.05) is 0 Å². The first kappa shape index (κ1) is 27.4. The summed E-state index contributed by atoms with van der Waals surface area (Å²) >= 11 is 0. The molecule has 4 rings (SSSR count). The monoisotopic (exact) mass is 530 g/mol. The van der Waals surface area contributed by atoms with Gasteiger partial charge < -0.3 is 21.1 Å². The van der Waals surface area contributed by atoms with Gasteiger partial charge in [-0.15, -0.1) is 0 Å². The summed E-state index contributed by atoms with van der Waals surface area (Å²) in [5.41, 5.74) is 12.4. The molecule has 10 heteroatoms. The molecule has 1 saturated heterocycles. The number of hydrogen-bond acceptors (Lipinski definition) is 5. The van der Waals surface area contributed by atoms with E-state index in [0.717, 1.165) is 43.2 Å². The molecule has 1 atom stereocenters. The van der Waals surface area contributed by atoms with Gasteiger partial charge in [0.1, 0.15) is 11.9 Å². The minimum atomic E-state index is -4.89. The number of rotatable bonds is 9. The van der Waals surface area contributed by atoms with Gasteiger partial charge in [-0.2, -0.15) is 13.2 Å². The lowest BCUT2D eigenvalue weighted by molar-refractivity contribution is -0.141. The zero-order chi connectivity index (χ0) is 27.4. The fraction of sp³-hybridized carbons (Fsp3) is 0.357. The minimum absolute atomic E-state index is 0.0186. The molecule has 202 valence electrons. The molecule has 2 heterocycles. The molecule has 4 N–H and O–H groups in total. The van der Waals surface area contributed by atoms with Crippen molar-refractivity contribution in [2.24, 2.45) is 5.73 Å². The van der Waals surface area contributed by atoms with Gasteiger partial charge in [0.25, 0.3) is 0 Å². The van der Waals surface area contributed by atoms with Crippen molar-refractivity contribution in [3.63, 3.8) is 0 Å². The van der Waals surface area contributed by atoms with Gasteiger partial charge in [-0.25, -0.2) is 9.37 Å². The van der Waals surface area contributed by atoms with E-state index in [2.05, 4.69) is 9.88 Å². The molecule has 2 aromatic carbocycles. The number of alkyl halides is 3. The number of aromatic nitrogens is 1. The molecule has 3 aromatic rings. The second-order valence-electron chi connectivity index (χ2n) is 9.46. The average Bonchev–Trinajstić information content (AvgIpc) is 3.38. The summed E-state index contributed by atoms with van der Waals surface area (Å²) in [7, 11) is 0. The van der Waals surface area contributed by atoms with Crippen molar-refractivity contribution in [1.82, 2.24) is 9.88 Å². The molecule has 1 unspecified atom stereocenters. The van der Waals surface area contributed by atoms with Crippen molar-refractivity contribution < 1.29 is 27.1 Å². The first-order chi connectivity index (χ1) is 18.0. The van der Waals surface area contributed by atoms with E-state index in [1.165, 1.54) is 31.9 Å². The molecule has 38 heavy (non-hydrogen) atoms. The highest BCUT2D eigenvalue weighted by Gasteiger charge is 2.38. The predicted octanol–water partition coefficient (Wildman–Crippen LogP) is 5.76. The molecule has 1 fully saturated rings. The van der Waals surface area contributed by atoms with E-state index in [9.17, 15) is 22.4 Å². The Morgan fingerprint density at radius 2 is 1.89 bits per heavy atom. The molecule has 1 aliphatic rings. The lowest BCUT2D eigenvalue weighted by Gasteiger charge is -2.21. The smallest absolute Gasteiger partial charge is 0.419 e. The Balaban J connectivity index is 1.63. The van der Waals surface area contributed by atoms with E-state index < -0.39 is 29.6 Å². The number of carbonyl (C=O) groups is 1. The number of carbonyl (C=O) groups excluding carboxylic acids is 1. The van der Waals surface area contributed by atoms with Crippen molar-refractivity contribution in [2.75, 3.05) is 25.4 Å². The van der Waals surface area contributed by atoms with E-state index in [4.69, 9.17) is 16.2 Å². The van der Waals surface area contributed by atoms with Crippen LogP contribution in [0.2, 0.25) is 0 Å². The third-order valence-electron chi connectivity index (χ3n) is 6.77. The van der Waals surface area contributed by atoms with Gasteiger partial charge in [0.2, 0.25) is 5.91 Å². The predicted molar refractivity (Wildman–Crippen MR) is 137 cm³/mol. The summed E-state index contributed by atoms with van der Waals surface area (Å²) < 4.78 is 60.5. The van der Waals surface area contributed by atoms with Crippen molar-refractivity contribution in [3.8, 4) is 16.9 Å². The van der Waals surface area contributed by atoms with Crippen LogP contribution in [-0.4, -0.2) is 35.4 Å². The van der Waals surface area contributed by atoms with Gasteiger partial charge in [0.15, 0.2) is 11.6 Å². The molecule has 0 radical (unpaired) electrons. The highest BCUT2D eigenvalue weighted by Crippen LogP contribution is 2.39. The summed E-state index contributed by atoms with van der Waals surface area (Å²) in [5, 5.41) is 0. The van der Waals surface area contributed by atoms with E-state index in [-0.39, 0.29) is 17.1 Å². The van der Waals surface area contributed by atoms with Crippen LogP contribution >= 0.6 is 0 Å². The summed E-state index contributed by atoms with van der Waals surface area (Å²) in [6.07, 6.45) is -0.573. The molecule has 6 nitrogen and oxygen atoms in total. The molecule has 0 spiro atoms. The normalized spacial score (nSPS) is 15.0. The Labute approximate surface area is 218 Å². The number of nitrogens with zero attached hydrogens (tertiary/aromatic N) is 2. The van der Waals surface area contributed by atoms with Gasteiger partial charge in [-0.3, -0.25) is 4.79 Å². The van der Waals surface area contributed by atoms with Crippen molar-refractivity contribution in [3.05, 3.63) is 76.7 Å². The second-order valence-corrected chi connectivity index (χ2v) is 9.46. The number of anilines is 1. The van der Waals surface area contributed by atoms with Crippen LogP contribution < -0.4 is 16.2 Å². The molecule has 1 aliphatic heterocycles. The SMILES string of the molecule is CC(Oc1cc(-c2ccc(C(N)=O)cc2CCCN2CCCC2)cnc1N)c1cccc(F)c1C(F)(F)F. The highest BCUT2D eigenvalue weighted by atomic mass is 19.4. The summed E-state index contributed by atoms with van der Waals surface area (Å²) in [4.78, 5) is 18.4. The first-order valence-electron chi connectivity index (χ1n) is 12.5. The number of nitrogen functional groups attached to an aromatic ring is 1. The number of amides is 1. The number of halogens is 4. The lowest BCUT2D eigenvalue weighted by atomic mass is 9.95. The molecule has 0 aliphatic carbocycles. The first-order valence-corrected chi connectivity index (χ1v) is 12.5. The third kappa shape index (κ3) is 6.24. The van der Waals surface area contributed by atoms with Crippen LogP contribution in [-0.2, 0) is 12.6 Å². The zero-order valence-electron chi connectivity index (χ0n) is 21.0. The van der Waals surface area contributed by atoms with Gasteiger partial charge in [0, 0.05) is 22.9 Å².